The van der Waals surface area contributed by atoms with Crippen LogP contribution in [-0.4, -0.2) is 10.5 Å². The maximum atomic E-state index is 11.8. The van der Waals surface area contributed by atoms with E-state index < -0.39 is 5.88 Å². The second-order valence-corrected chi connectivity index (χ2v) is 4.78. The van der Waals surface area contributed by atoms with E-state index in [0.29, 0.717) is 9.88 Å². The van der Waals surface area contributed by atoms with Crippen LogP contribution in [0.1, 0.15) is 5.56 Å². The molecule has 88 valence electrons. The number of benzene rings is 1. The van der Waals surface area contributed by atoms with Crippen LogP contribution in [0, 0.1) is 18.3 Å². The zero-order valence-electron chi connectivity index (χ0n) is 10.5. The molecule has 3 nitrogen and oxygen atoms in total. The summed E-state index contributed by atoms with van der Waals surface area (Å²) in [5.41, 5.74) is 1.73. The molecule has 0 amide bonds. The van der Waals surface area contributed by atoms with Crippen molar-refractivity contribution in [3.05, 3.63) is 41.3 Å². The number of rotatable bonds is 3. The van der Waals surface area contributed by atoms with Crippen LogP contribution in [0.25, 0.3) is 0 Å². The van der Waals surface area contributed by atoms with E-state index in [1.54, 1.807) is 18.4 Å². The molecule has 1 rings (SSSR count). The van der Waals surface area contributed by atoms with E-state index >= 15 is 0 Å². The van der Waals surface area contributed by atoms with Crippen molar-refractivity contribution in [2.24, 2.45) is 0 Å². The molecule has 0 heterocycles. The monoisotopic (exact) mass is 286 g/mol. The van der Waals surface area contributed by atoms with Gasteiger partial charge in [-0.3, -0.25) is 0 Å². The van der Waals surface area contributed by atoms with Crippen LogP contribution in [0.3, 0.4) is 0 Å². The Bertz CT molecular complexity index is 492. The molecule has 18 heavy (non-hydrogen) atoms. The molecule has 0 radical (unpaired) electrons. The Balaban J connectivity index is 0.00000289. The fraction of sp³-hybridized carbons (Fsp3) is 0.167. The Hall–Kier alpha value is -0.510. The molecular weight excluding hydrogens is 275 g/mol. The molecule has 1 aromatic rings. The molecule has 0 unspecified atom stereocenters. The summed E-state index contributed by atoms with van der Waals surface area (Å²) in [5.74, 6) is -0.462. The summed E-state index contributed by atoms with van der Waals surface area (Å²) >= 11 is 6.14. The van der Waals surface area contributed by atoms with Crippen molar-refractivity contribution >= 4 is 33.9 Å². The normalized spacial score (nSPS) is 10.7. The smallest absolute Gasteiger partial charge is 0.859 e. The van der Waals surface area contributed by atoms with Gasteiger partial charge in [0.15, 0.2) is 0 Å². The minimum Gasteiger partial charge on any atom is -0.859 e. The Morgan fingerprint density at radius 2 is 1.94 bits per heavy atom. The van der Waals surface area contributed by atoms with Gasteiger partial charge in [0.2, 0.25) is 0 Å². The van der Waals surface area contributed by atoms with E-state index in [4.69, 9.17) is 17.5 Å². The molecule has 0 saturated carbocycles. The number of nitrogens with zero attached hydrogens (tertiary/aromatic N) is 1. The zero-order valence-corrected chi connectivity index (χ0v) is 14.1. The number of thiocarbonyl (C=S) groups is 1. The summed E-state index contributed by atoms with van der Waals surface area (Å²) in [6, 6.07) is 9.16. The number of hydrogen-bond donors (Lipinski definition) is 1. The third-order valence-corrected chi connectivity index (χ3v) is 3.32. The summed E-state index contributed by atoms with van der Waals surface area (Å²) in [5, 5.41) is 23.3. The average Bonchev–Trinajstić information content (AvgIpc) is 2.32. The molecular formula is C12H11N2NaOS2. The first kappa shape index (κ1) is 17.5. The second-order valence-electron chi connectivity index (χ2n) is 3.30. The topological polar surface area (TPSA) is 58.9 Å². The minimum atomic E-state index is -0.462. The molecule has 0 aliphatic heterocycles. The standard InChI is InChI=1S/C12H12N2OS2.Na/c1-8-3-5-9(6-4-8)14-11(15)10(7-13)12(16)17-2;/h3-6,14-15H,1-2H3;/q;+1/p-1/b11-10-;. The molecule has 0 aliphatic rings. The van der Waals surface area contributed by atoms with Crippen LogP contribution in [0.5, 0.6) is 0 Å². The van der Waals surface area contributed by atoms with Gasteiger partial charge in [0.1, 0.15) is 6.07 Å². The second kappa shape index (κ2) is 8.57. The maximum Gasteiger partial charge on any atom is 1.00 e. The van der Waals surface area contributed by atoms with Gasteiger partial charge in [-0.1, -0.05) is 29.9 Å². The quantitative estimate of drug-likeness (QED) is 0.259. The Kier molecular flexibility index (Phi) is 8.32. The number of anilines is 1. The maximum absolute atomic E-state index is 11.8. The van der Waals surface area contributed by atoms with Crippen LogP contribution in [-0.2, 0) is 0 Å². The molecule has 0 spiro atoms. The predicted molar refractivity (Wildman–Crippen MR) is 73.6 cm³/mol. The number of hydrogen-bond acceptors (Lipinski definition) is 5. The number of nitriles is 1. The van der Waals surface area contributed by atoms with Crippen molar-refractivity contribution in [1.29, 1.82) is 5.26 Å². The Labute approximate surface area is 139 Å². The van der Waals surface area contributed by atoms with Gasteiger partial charge in [-0.25, -0.2) is 0 Å². The van der Waals surface area contributed by atoms with Gasteiger partial charge in [0.25, 0.3) is 0 Å². The third-order valence-electron chi connectivity index (χ3n) is 2.04. The summed E-state index contributed by atoms with van der Waals surface area (Å²) in [6.45, 7) is 1.96. The van der Waals surface area contributed by atoms with Crippen LogP contribution < -0.4 is 40.0 Å². The van der Waals surface area contributed by atoms with Crippen LogP contribution >= 0.6 is 24.0 Å². The zero-order chi connectivity index (χ0) is 12.8. The minimum absolute atomic E-state index is 0. The first-order valence-electron chi connectivity index (χ1n) is 4.82. The fourth-order valence-corrected chi connectivity index (χ4v) is 1.60. The first-order valence-corrected chi connectivity index (χ1v) is 6.45. The molecule has 0 atom stereocenters. The van der Waals surface area contributed by atoms with Crippen molar-refractivity contribution in [3.8, 4) is 6.07 Å². The molecule has 6 heteroatoms. The summed E-state index contributed by atoms with van der Waals surface area (Å²) in [6.07, 6.45) is 1.73. The van der Waals surface area contributed by atoms with E-state index in [1.165, 1.54) is 11.8 Å². The molecule has 0 saturated heterocycles. The summed E-state index contributed by atoms with van der Waals surface area (Å²) in [7, 11) is 0. The van der Waals surface area contributed by atoms with Crippen LogP contribution in [0.2, 0.25) is 0 Å². The van der Waals surface area contributed by atoms with E-state index in [9.17, 15) is 5.11 Å². The molecule has 1 aromatic carbocycles. The summed E-state index contributed by atoms with van der Waals surface area (Å²) in [4.78, 5) is 0. The van der Waals surface area contributed by atoms with Crippen molar-refractivity contribution in [1.82, 2.24) is 0 Å². The summed E-state index contributed by atoms with van der Waals surface area (Å²) < 4.78 is 0.303. The SMILES string of the molecule is CSC(=S)/C(C#N)=C(\[O-])Nc1ccc(C)cc1.[Na+]. The van der Waals surface area contributed by atoms with E-state index in [2.05, 4.69) is 5.32 Å². The molecule has 0 aromatic heterocycles. The van der Waals surface area contributed by atoms with E-state index in [1.807, 2.05) is 25.1 Å². The predicted octanol–water partition coefficient (Wildman–Crippen LogP) is -0.803. The Morgan fingerprint density at radius 3 is 2.39 bits per heavy atom. The van der Waals surface area contributed by atoms with Gasteiger partial charge in [0.05, 0.1) is 9.77 Å². The van der Waals surface area contributed by atoms with Gasteiger partial charge in [-0.15, -0.1) is 11.8 Å². The third kappa shape index (κ3) is 5.01. The van der Waals surface area contributed by atoms with Gasteiger partial charge < -0.3 is 10.4 Å². The van der Waals surface area contributed by atoms with Gasteiger partial charge in [0, 0.05) is 5.69 Å². The molecule has 0 aliphatic carbocycles. The first-order chi connectivity index (χ1) is 8.08. The van der Waals surface area contributed by atoms with Crippen molar-refractivity contribution in [2.45, 2.75) is 6.92 Å². The Morgan fingerprint density at radius 1 is 1.39 bits per heavy atom. The number of thioether (sulfide) groups is 1. The van der Waals surface area contributed by atoms with Crippen molar-refractivity contribution in [2.75, 3.05) is 11.6 Å². The van der Waals surface area contributed by atoms with Crippen molar-refractivity contribution in [3.63, 3.8) is 0 Å². The van der Waals surface area contributed by atoms with Crippen molar-refractivity contribution < 1.29 is 34.7 Å². The average molecular weight is 286 g/mol. The molecule has 0 fully saturated rings. The number of nitrogens with one attached hydrogen (secondary N) is 1. The van der Waals surface area contributed by atoms with Gasteiger partial charge >= 0.3 is 29.6 Å². The largest absolute Gasteiger partial charge is 1.00 e. The molecule has 0 bridgehead atoms. The number of aryl methyl sites for hydroxylation is 1. The van der Waals surface area contributed by atoms with E-state index in [-0.39, 0.29) is 35.1 Å². The van der Waals surface area contributed by atoms with Crippen LogP contribution in [0.15, 0.2) is 35.7 Å². The van der Waals surface area contributed by atoms with Gasteiger partial charge in [-0.2, -0.15) is 5.26 Å². The van der Waals surface area contributed by atoms with Crippen LogP contribution in [0.4, 0.5) is 5.69 Å². The molecule has 1 N–H and O–H groups in total. The van der Waals surface area contributed by atoms with Gasteiger partial charge in [-0.05, 0) is 31.2 Å². The fourth-order valence-electron chi connectivity index (χ4n) is 1.12. The van der Waals surface area contributed by atoms with E-state index in [0.717, 1.165) is 5.56 Å².